The number of hydrogen-bond acceptors (Lipinski definition) is 7. The van der Waals surface area contributed by atoms with E-state index in [9.17, 15) is 19.2 Å². The highest BCUT2D eigenvalue weighted by Crippen LogP contribution is 2.38. The lowest BCUT2D eigenvalue weighted by Gasteiger charge is -2.13. The lowest BCUT2D eigenvalue weighted by molar-refractivity contribution is 0.0475. The fraction of sp³-hybridized carbons (Fsp3) is 0.179. The minimum absolute atomic E-state index is 0.286. The Balaban J connectivity index is 1.51. The minimum atomic E-state index is -0.848. The Kier molecular flexibility index (Phi) is 6.46. The summed E-state index contributed by atoms with van der Waals surface area (Å²) in [6.45, 7) is -0.713. The molecule has 0 saturated heterocycles. The van der Waals surface area contributed by atoms with Crippen molar-refractivity contribution >= 4 is 51.7 Å². The molecule has 1 aliphatic carbocycles. The molecule has 2 aromatic carbocycles. The number of allylic oxidation sites excluding steroid dienone is 1. The monoisotopic (exact) mass is 530 g/mol. The van der Waals surface area contributed by atoms with Crippen molar-refractivity contribution in [2.75, 3.05) is 12.3 Å². The van der Waals surface area contributed by atoms with E-state index >= 15 is 0 Å². The maximum atomic E-state index is 13.4. The molecule has 9 nitrogen and oxygen atoms in total. The zero-order chi connectivity index (χ0) is 27.1. The van der Waals surface area contributed by atoms with Gasteiger partial charge in [0.2, 0.25) is 5.78 Å². The standard InChI is InChI=1S/C28H23ClN4O5/c1-32-25(30)23(26(35)33(2)28(32)37)21(34)14-38-27(36)22-18-5-3-4-6-20(18)31-24-16(9-12-19(22)24)13-15-7-10-17(29)11-8-15/h3-8,10-11,13H,9,12,14,30H2,1-2H3/b16-13+. The maximum absolute atomic E-state index is 13.4. The van der Waals surface area contributed by atoms with Crippen LogP contribution >= 0.6 is 11.6 Å². The molecule has 0 radical (unpaired) electrons. The Morgan fingerprint density at radius 3 is 2.47 bits per heavy atom. The molecule has 1 aliphatic rings. The van der Waals surface area contributed by atoms with Crippen LogP contribution in [-0.4, -0.2) is 32.5 Å². The average Bonchev–Trinajstić information content (AvgIpc) is 3.31. The van der Waals surface area contributed by atoms with Gasteiger partial charge in [-0.25, -0.2) is 14.6 Å². The molecular weight excluding hydrogens is 508 g/mol. The van der Waals surface area contributed by atoms with Crippen LogP contribution < -0.4 is 17.0 Å². The summed E-state index contributed by atoms with van der Waals surface area (Å²) in [4.78, 5) is 55.7. The predicted octanol–water partition coefficient (Wildman–Crippen LogP) is 3.39. The number of halogens is 1. The van der Waals surface area contributed by atoms with Gasteiger partial charge in [-0.15, -0.1) is 0 Å². The van der Waals surface area contributed by atoms with E-state index in [1.54, 1.807) is 12.1 Å². The van der Waals surface area contributed by atoms with Crippen LogP contribution in [0.4, 0.5) is 5.82 Å². The Hall–Kier alpha value is -4.50. The van der Waals surface area contributed by atoms with Gasteiger partial charge in [-0.05, 0) is 53.8 Å². The SMILES string of the molecule is Cn1c(N)c(C(=O)COC(=O)c2c3c(nc4ccccc24)/C(=C/c2ccc(Cl)cc2)CC3)c(=O)n(C)c1=O. The van der Waals surface area contributed by atoms with Crippen LogP contribution in [0.15, 0.2) is 58.1 Å². The Bertz CT molecular complexity index is 1780. The van der Waals surface area contributed by atoms with Gasteiger partial charge in [-0.1, -0.05) is 41.9 Å². The smallest absolute Gasteiger partial charge is 0.339 e. The fourth-order valence-electron chi connectivity index (χ4n) is 4.67. The number of aromatic nitrogens is 3. The zero-order valence-electron chi connectivity index (χ0n) is 20.7. The number of ether oxygens (including phenoxy) is 1. The summed E-state index contributed by atoms with van der Waals surface area (Å²) in [5.74, 6) is -1.79. The number of nitrogens with zero attached hydrogens (tertiary/aromatic N) is 3. The molecule has 38 heavy (non-hydrogen) atoms. The Labute approximate surface area is 221 Å². The number of carbonyl (C=O) groups excluding carboxylic acids is 2. The van der Waals surface area contributed by atoms with Crippen LogP contribution in [0.25, 0.3) is 22.6 Å². The van der Waals surface area contributed by atoms with E-state index in [2.05, 4.69) is 0 Å². The first-order valence-corrected chi connectivity index (χ1v) is 12.2. The zero-order valence-corrected chi connectivity index (χ0v) is 21.4. The summed E-state index contributed by atoms with van der Waals surface area (Å²) >= 11 is 6.01. The molecule has 2 aromatic heterocycles. The molecule has 0 atom stereocenters. The fourth-order valence-corrected chi connectivity index (χ4v) is 4.80. The number of benzene rings is 2. The summed E-state index contributed by atoms with van der Waals surface area (Å²) in [5, 5.41) is 1.24. The van der Waals surface area contributed by atoms with E-state index in [1.807, 2.05) is 42.5 Å². The van der Waals surface area contributed by atoms with Gasteiger partial charge in [0.1, 0.15) is 11.4 Å². The molecule has 0 unspecified atom stereocenters. The number of anilines is 1. The summed E-state index contributed by atoms with van der Waals surface area (Å²) in [6.07, 6.45) is 3.26. The second kappa shape index (κ2) is 9.75. The van der Waals surface area contributed by atoms with Crippen molar-refractivity contribution < 1.29 is 14.3 Å². The van der Waals surface area contributed by atoms with Crippen molar-refractivity contribution in [2.24, 2.45) is 14.1 Å². The van der Waals surface area contributed by atoms with Gasteiger partial charge >= 0.3 is 11.7 Å². The summed E-state index contributed by atoms with van der Waals surface area (Å²) in [5.41, 5.74) is 8.27. The van der Waals surface area contributed by atoms with E-state index in [4.69, 9.17) is 27.1 Å². The molecule has 4 aromatic rings. The van der Waals surface area contributed by atoms with E-state index in [0.717, 1.165) is 25.8 Å². The van der Waals surface area contributed by atoms with Crippen molar-refractivity contribution in [3.63, 3.8) is 0 Å². The molecule has 0 fully saturated rings. The van der Waals surface area contributed by atoms with Gasteiger partial charge in [0.25, 0.3) is 5.56 Å². The molecule has 5 rings (SSSR count). The first-order chi connectivity index (χ1) is 18.2. The van der Waals surface area contributed by atoms with E-state index < -0.39 is 35.2 Å². The maximum Gasteiger partial charge on any atom is 0.339 e. The van der Waals surface area contributed by atoms with E-state index in [-0.39, 0.29) is 5.82 Å². The number of fused-ring (bicyclic) bond motifs is 2. The van der Waals surface area contributed by atoms with Crippen LogP contribution in [0.3, 0.4) is 0 Å². The normalized spacial score (nSPS) is 13.6. The van der Waals surface area contributed by atoms with Crippen LogP contribution in [0.5, 0.6) is 0 Å². The molecule has 0 saturated carbocycles. The topological polar surface area (TPSA) is 126 Å². The molecule has 2 N–H and O–H groups in total. The quantitative estimate of drug-likeness (QED) is 0.309. The number of rotatable bonds is 5. The Morgan fingerprint density at radius 1 is 1.03 bits per heavy atom. The minimum Gasteiger partial charge on any atom is -0.454 e. The van der Waals surface area contributed by atoms with Gasteiger partial charge in [-0.2, -0.15) is 0 Å². The van der Waals surface area contributed by atoms with E-state index in [0.29, 0.717) is 40.0 Å². The van der Waals surface area contributed by atoms with Crippen molar-refractivity contribution in [3.8, 4) is 0 Å². The second-order valence-corrected chi connectivity index (χ2v) is 9.45. The number of nitrogen functional groups attached to an aromatic ring is 1. The lowest BCUT2D eigenvalue weighted by Crippen LogP contribution is -2.42. The predicted molar refractivity (Wildman–Crippen MR) is 145 cm³/mol. The van der Waals surface area contributed by atoms with Crippen molar-refractivity contribution in [1.82, 2.24) is 14.1 Å². The Morgan fingerprint density at radius 2 is 1.74 bits per heavy atom. The van der Waals surface area contributed by atoms with Gasteiger partial charge in [0, 0.05) is 24.5 Å². The number of Topliss-reactive ketones (excluding diaryl/α,β-unsaturated/α-hetero) is 1. The number of hydrogen-bond donors (Lipinski definition) is 1. The van der Waals surface area contributed by atoms with E-state index in [1.165, 1.54) is 14.1 Å². The number of para-hydroxylation sites is 1. The third-order valence-electron chi connectivity index (χ3n) is 6.68. The van der Waals surface area contributed by atoms with Gasteiger partial charge in [-0.3, -0.25) is 18.7 Å². The van der Waals surface area contributed by atoms with Gasteiger partial charge in [0.05, 0.1) is 16.8 Å². The molecule has 0 spiro atoms. The largest absolute Gasteiger partial charge is 0.454 e. The van der Waals surface area contributed by atoms with Crippen molar-refractivity contribution in [2.45, 2.75) is 12.8 Å². The number of carbonyl (C=O) groups is 2. The summed E-state index contributed by atoms with van der Waals surface area (Å²) in [6, 6.07) is 14.6. The second-order valence-electron chi connectivity index (χ2n) is 9.02. The van der Waals surface area contributed by atoms with Gasteiger partial charge < -0.3 is 10.5 Å². The highest BCUT2D eigenvalue weighted by atomic mass is 35.5. The molecular formula is C28H23ClN4O5. The lowest BCUT2D eigenvalue weighted by atomic mass is 10.0. The summed E-state index contributed by atoms with van der Waals surface area (Å²) in [7, 11) is 2.59. The molecule has 10 heteroatoms. The molecule has 0 aliphatic heterocycles. The number of ketones is 1. The molecule has 0 amide bonds. The van der Waals surface area contributed by atoms with Crippen LogP contribution in [0.2, 0.25) is 5.02 Å². The first kappa shape index (κ1) is 25.2. The molecule has 0 bridgehead atoms. The average molecular weight is 531 g/mol. The highest BCUT2D eigenvalue weighted by molar-refractivity contribution is 6.30. The van der Waals surface area contributed by atoms with Gasteiger partial charge in [0.15, 0.2) is 6.61 Å². The number of esters is 1. The van der Waals surface area contributed by atoms with Crippen molar-refractivity contribution in [3.05, 3.63) is 102 Å². The van der Waals surface area contributed by atoms with Crippen molar-refractivity contribution in [1.29, 1.82) is 0 Å². The molecule has 192 valence electrons. The highest BCUT2D eigenvalue weighted by Gasteiger charge is 2.29. The van der Waals surface area contributed by atoms with Crippen LogP contribution in [0, 0.1) is 0 Å². The number of nitrogens with two attached hydrogens (primary N) is 1. The third-order valence-corrected chi connectivity index (χ3v) is 6.93. The summed E-state index contributed by atoms with van der Waals surface area (Å²) < 4.78 is 7.20. The van der Waals surface area contributed by atoms with Crippen LogP contribution in [0.1, 0.15) is 44.0 Å². The third kappa shape index (κ3) is 4.31. The number of pyridine rings is 1. The molecule has 2 heterocycles. The first-order valence-electron chi connectivity index (χ1n) is 11.8. The van der Waals surface area contributed by atoms with Crippen LogP contribution in [-0.2, 0) is 25.3 Å².